The number of benzene rings is 2. The van der Waals surface area contributed by atoms with Crippen LogP contribution in [0.15, 0.2) is 53.4 Å². The number of nitrogens with one attached hydrogen (secondary N) is 2. The van der Waals surface area contributed by atoms with E-state index in [1.807, 2.05) is 0 Å². The molecule has 0 spiro atoms. The minimum atomic E-state index is -4.05. The number of carbonyl (C=O) groups is 2. The Hall–Kier alpha value is -2.94. The molecule has 2 atom stereocenters. The van der Waals surface area contributed by atoms with Gasteiger partial charge in [0.1, 0.15) is 5.82 Å². The Morgan fingerprint density at radius 1 is 1.06 bits per heavy atom. The first-order valence-electron chi connectivity index (χ1n) is 10.1. The summed E-state index contributed by atoms with van der Waals surface area (Å²) in [5.74, 6) is -1.42. The van der Waals surface area contributed by atoms with Gasteiger partial charge in [0.25, 0.3) is 15.9 Å². The quantitative estimate of drug-likeness (QED) is 0.632. The van der Waals surface area contributed by atoms with Gasteiger partial charge in [-0.3, -0.25) is 9.52 Å². The van der Waals surface area contributed by atoms with Crippen LogP contribution in [0.25, 0.3) is 0 Å². The second-order valence-electron chi connectivity index (χ2n) is 7.62. The number of hydrogen-bond donors (Lipinski definition) is 2. The largest absolute Gasteiger partial charge is 0.452 e. The SMILES string of the molecule is CC1CCCCC1NC(=O)COC(=O)c1ccccc1NS(=O)(=O)c1ccc(F)cc1. The molecule has 0 bridgehead atoms. The third-order valence-electron chi connectivity index (χ3n) is 5.31. The minimum absolute atomic E-state index is 0.00173. The third-order valence-corrected chi connectivity index (χ3v) is 6.69. The minimum Gasteiger partial charge on any atom is -0.452 e. The number of para-hydroxylation sites is 1. The van der Waals surface area contributed by atoms with Crippen molar-refractivity contribution in [2.45, 2.75) is 43.5 Å². The van der Waals surface area contributed by atoms with Crippen LogP contribution >= 0.6 is 0 Å². The summed E-state index contributed by atoms with van der Waals surface area (Å²) in [6.07, 6.45) is 4.14. The fourth-order valence-electron chi connectivity index (χ4n) is 3.56. The lowest BCUT2D eigenvalue weighted by molar-refractivity contribution is -0.125. The maximum Gasteiger partial charge on any atom is 0.340 e. The zero-order valence-corrected chi connectivity index (χ0v) is 18.0. The number of hydrogen-bond acceptors (Lipinski definition) is 5. The van der Waals surface area contributed by atoms with E-state index in [2.05, 4.69) is 17.0 Å². The summed E-state index contributed by atoms with van der Waals surface area (Å²) in [5.41, 5.74) is -0.0369. The lowest BCUT2D eigenvalue weighted by Gasteiger charge is -2.29. The third kappa shape index (κ3) is 6.04. The molecule has 1 saturated carbocycles. The zero-order chi connectivity index (χ0) is 22.4. The van der Waals surface area contributed by atoms with E-state index in [1.54, 1.807) is 12.1 Å². The Balaban J connectivity index is 1.64. The van der Waals surface area contributed by atoms with Gasteiger partial charge in [-0.2, -0.15) is 0 Å². The molecule has 0 saturated heterocycles. The number of ether oxygens (including phenoxy) is 1. The Kier molecular flexibility index (Phi) is 7.27. The van der Waals surface area contributed by atoms with Gasteiger partial charge in [-0.15, -0.1) is 0 Å². The number of sulfonamides is 1. The second kappa shape index (κ2) is 9.91. The zero-order valence-electron chi connectivity index (χ0n) is 17.1. The van der Waals surface area contributed by atoms with Crippen LogP contribution < -0.4 is 10.0 Å². The standard InChI is InChI=1S/C22H25FN2O5S/c1-15-6-2-4-8-19(15)24-21(26)14-30-22(27)18-7-3-5-9-20(18)25-31(28,29)17-12-10-16(23)11-13-17/h3,5,7,9-13,15,19,25H,2,4,6,8,14H2,1H3,(H,24,26). The van der Waals surface area contributed by atoms with Crippen LogP contribution in [-0.4, -0.2) is 32.9 Å². The number of carbonyl (C=O) groups excluding carboxylic acids is 2. The molecule has 166 valence electrons. The van der Waals surface area contributed by atoms with Gasteiger partial charge in [-0.05, 0) is 55.2 Å². The van der Waals surface area contributed by atoms with Crippen LogP contribution in [0.5, 0.6) is 0 Å². The summed E-state index contributed by atoms with van der Waals surface area (Å²) in [6.45, 7) is 1.63. The molecule has 7 nitrogen and oxygen atoms in total. The predicted molar refractivity (Wildman–Crippen MR) is 113 cm³/mol. The van der Waals surface area contributed by atoms with E-state index in [4.69, 9.17) is 4.74 Å². The van der Waals surface area contributed by atoms with Crippen molar-refractivity contribution in [1.82, 2.24) is 5.32 Å². The lowest BCUT2D eigenvalue weighted by atomic mass is 9.86. The molecule has 1 aliphatic carbocycles. The molecule has 0 aromatic heterocycles. The molecule has 3 rings (SSSR count). The van der Waals surface area contributed by atoms with Crippen LogP contribution in [0.2, 0.25) is 0 Å². The van der Waals surface area contributed by atoms with Crippen LogP contribution in [0.3, 0.4) is 0 Å². The number of halogens is 1. The van der Waals surface area contributed by atoms with Gasteiger partial charge < -0.3 is 10.1 Å². The highest BCUT2D eigenvalue weighted by atomic mass is 32.2. The molecule has 0 aliphatic heterocycles. The summed E-state index contributed by atoms with van der Waals surface area (Å²) < 4.78 is 45.6. The van der Waals surface area contributed by atoms with Gasteiger partial charge in [0, 0.05) is 6.04 Å². The Bertz CT molecular complexity index is 1040. The van der Waals surface area contributed by atoms with Crippen molar-refractivity contribution in [3.63, 3.8) is 0 Å². The number of rotatable bonds is 7. The van der Waals surface area contributed by atoms with Gasteiger partial charge in [-0.1, -0.05) is 31.9 Å². The molecule has 31 heavy (non-hydrogen) atoms. The topological polar surface area (TPSA) is 102 Å². The first kappa shape index (κ1) is 22.7. The molecular formula is C22H25FN2O5S. The van der Waals surface area contributed by atoms with Gasteiger partial charge >= 0.3 is 5.97 Å². The van der Waals surface area contributed by atoms with Crippen molar-refractivity contribution in [2.75, 3.05) is 11.3 Å². The predicted octanol–water partition coefficient (Wildman–Crippen LogP) is 3.48. The van der Waals surface area contributed by atoms with Crippen molar-refractivity contribution in [2.24, 2.45) is 5.92 Å². The van der Waals surface area contributed by atoms with Crippen LogP contribution in [-0.2, 0) is 19.6 Å². The molecule has 1 aliphatic rings. The summed E-state index contributed by atoms with van der Waals surface area (Å²) in [4.78, 5) is 24.5. The summed E-state index contributed by atoms with van der Waals surface area (Å²) in [5, 5.41) is 2.90. The molecule has 0 heterocycles. The van der Waals surface area contributed by atoms with E-state index in [0.717, 1.165) is 49.9 Å². The average Bonchev–Trinajstić information content (AvgIpc) is 2.74. The Morgan fingerprint density at radius 2 is 1.74 bits per heavy atom. The first-order valence-corrected chi connectivity index (χ1v) is 11.6. The number of anilines is 1. The van der Waals surface area contributed by atoms with Crippen molar-refractivity contribution >= 4 is 27.6 Å². The van der Waals surface area contributed by atoms with Crippen LogP contribution in [0.4, 0.5) is 10.1 Å². The molecule has 1 fully saturated rings. The summed E-state index contributed by atoms with van der Waals surface area (Å²) in [6, 6.07) is 10.3. The molecule has 0 radical (unpaired) electrons. The van der Waals surface area contributed by atoms with Crippen LogP contribution in [0, 0.1) is 11.7 Å². The smallest absolute Gasteiger partial charge is 0.340 e. The first-order chi connectivity index (χ1) is 14.8. The van der Waals surface area contributed by atoms with Gasteiger partial charge in [0.15, 0.2) is 6.61 Å². The van der Waals surface area contributed by atoms with E-state index < -0.39 is 34.3 Å². The molecule has 2 aromatic carbocycles. The highest BCUT2D eigenvalue weighted by molar-refractivity contribution is 7.92. The average molecular weight is 449 g/mol. The molecular weight excluding hydrogens is 423 g/mol. The molecule has 2 N–H and O–H groups in total. The fourth-order valence-corrected chi connectivity index (χ4v) is 4.64. The van der Waals surface area contributed by atoms with Crippen molar-refractivity contribution in [3.05, 3.63) is 59.9 Å². The molecule has 2 aromatic rings. The number of amides is 1. The van der Waals surface area contributed by atoms with Crippen LogP contribution in [0.1, 0.15) is 43.0 Å². The van der Waals surface area contributed by atoms with Gasteiger partial charge in [-0.25, -0.2) is 17.6 Å². The Morgan fingerprint density at radius 3 is 2.45 bits per heavy atom. The van der Waals surface area contributed by atoms with E-state index >= 15 is 0 Å². The maximum absolute atomic E-state index is 13.1. The summed E-state index contributed by atoms with van der Waals surface area (Å²) in [7, 11) is -4.05. The highest BCUT2D eigenvalue weighted by Gasteiger charge is 2.24. The van der Waals surface area contributed by atoms with E-state index in [9.17, 15) is 22.4 Å². The molecule has 1 amide bonds. The monoisotopic (exact) mass is 448 g/mol. The fraction of sp³-hybridized carbons (Fsp3) is 0.364. The summed E-state index contributed by atoms with van der Waals surface area (Å²) >= 11 is 0. The Labute approximate surface area is 181 Å². The normalized spacial score (nSPS) is 18.8. The van der Waals surface area contributed by atoms with E-state index in [0.29, 0.717) is 5.92 Å². The van der Waals surface area contributed by atoms with Crippen molar-refractivity contribution < 1.29 is 27.1 Å². The second-order valence-corrected chi connectivity index (χ2v) is 9.30. The maximum atomic E-state index is 13.1. The van der Waals surface area contributed by atoms with Crippen molar-refractivity contribution in [3.8, 4) is 0 Å². The van der Waals surface area contributed by atoms with Crippen molar-refractivity contribution in [1.29, 1.82) is 0 Å². The highest BCUT2D eigenvalue weighted by Crippen LogP contribution is 2.24. The van der Waals surface area contributed by atoms with Gasteiger partial charge in [0.2, 0.25) is 0 Å². The lowest BCUT2D eigenvalue weighted by Crippen LogP contribution is -2.42. The van der Waals surface area contributed by atoms with E-state index in [1.165, 1.54) is 12.1 Å². The molecule has 2 unspecified atom stereocenters. The van der Waals surface area contributed by atoms with E-state index in [-0.39, 0.29) is 22.2 Å². The van der Waals surface area contributed by atoms with Gasteiger partial charge in [0.05, 0.1) is 16.1 Å². The molecule has 9 heteroatoms. The number of esters is 1.